The monoisotopic (exact) mass is 454 g/mol. The van der Waals surface area contributed by atoms with Crippen LogP contribution in [0, 0.1) is 17.1 Å². The maximum atomic E-state index is 13.1. The predicted molar refractivity (Wildman–Crippen MR) is 127 cm³/mol. The highest BCUT2D eigenvalue weighted by atomic mass is 19.1. The summed E-state index contributed by atoms with van der Waals surface area (Å²) < 4.78 is 21.0. The van der Waals surface area contributed by atoms with Gasteiger partial charge in [0.25, 0.3) is 0 Å². The molecule has 6 nitrogen and oxygen atoms in total. The van der Waals surface area contributed by atoms with Crippen molar-refractivity contribution < 1.29 is 13.9 Å². The molecule has 1 unspecified atom stereocenters. The molecule has 2 heterocycles. The molecule has 0 aliphatic carbocycles. The summed E-state index contributed by atoms with van der Waals surface area (Å²) in [4.78, 5) is 12.5. The second-order valence-electron chi connectivity index (χ2n) is 8.39. The van der Waals surface area contributed by atoms with Gasteiger partial charge in [0.2, 0.25) is 5.91 Å². The van der Waals surface area contributed by atoms with Crippen LogP contribution in [0.3, 0.4) is 0 Å². The minimum Gasteiger partial charge on any atom is -0.356 e. The Morgan fingerprint density at radius 2 is 2.00 bits per heavy atom. The van der Waals surface area contributed by atoms with Gasteiger partial charge in [-0.2, -0.15) is 10.4 Å². The smallest absolute Gasteiger partial charge is 0.228 e. The number of benzene rings is 3. The number of aromatic nitrogens is 2. The van der Waals surface area contributed by atoms with E-state index >= 15 is 0 Å². The van der Waals surface area contributed by atoms with Crippen LogP contribution in [0.25, 0.3) is 22.2 Å². The number of amides is 1. The van der Waals surface area contributed by atoms with Crippen LogP contribution in [0.4, 0.5) is 10.1 Å². The van der Waals surface area contributed by atoms with Crippen LogP contribution < -0.4 is 5.32 Å². The van der Waals surface area contributed by atoms with Crippen LogP contribution in [0.2, 0.25) is 0 Å². The molecule has 0 spiro atoms. The van der Waals surface area contributed by atoms with Crippen molar-refractivity contribution in [1.29, 1.82) is 5.26 Å². The minimum absolute atomic E-state index is 0.142. The largest absolute Gasteiger partial charge is 0.356 e. The number of rotatable bonds is 5. The van der Waals surface area contributed by atoms with Crippen molar-refractivity contribution in [2.45, 2.75) is 31.9 Å². The highest BCUT2D eigenvalue weighted by molar-refractivity contribution is 5.96. The molecule has 1 fully saturated rings. The number of nitrogens with zero attached hydrogens (tertiary/aromatic N) is 3. The Kier molecular flexibility index (Phi) is 6.07. The summed E-state index contributed by atoms with van der Waals surface area (Å²) in [6, 6.07) is 21.1. The Hall–Kier alpha value is -4.02. The van der Waals surface area contributed by atoms with Gasteiger partial charge in [-0.3, -0.25) is 4.79 Å². The number of fused-ring (bicyclic) bond motifs is 1. The summed E-state index contributed by atoms with van der Waals surface area (Å²) in [6.07, 6.45) is 3.01. The SMILES string of the molecule is N#Cc1ccc2c(c1)c(-c1cccc(NC(=O)Cc3ccc(F)cc3)c1)nn2C1CCCCO1. The van der Waals surface area contributed by atoms with E-state index in [1.807, 2.05) is 41.1 Å². The number of ether oxygens (including phenoxy) is 1. The average molecular weight is 455 g/mol. The van der Waals surface area contributed by atoms with Gasteiger partial charge in [-0.15, -0.1) is 0 Å². The van der Waals surface area contributed by atoms with E-state index in [4.69, 9.17) is 9.84 Å². The van der Waals surface area contributed by atoms with Crippen molar-refractivity contribution in [1.82, 2.24) is 9.78 Å². The third-order valence-electron chi connectivity index (χ3n) is 5.96. The van der Waals surface area contributed by atoms with Gasteiger partial charge in [-0.25, -0.2) is 9.07 Å². The van der Waals surface area contributed by atoms with Gasteiger partial charge < -0.3 is 10.1 Å². The van der Waals surface area contributed by atoms with Gasteiger partial charge in [0.05, 0.1) is 23.6 Å². The van der Waals surface area contributed by atoms with E-state index in [1.54, 1.807) is 18.2 Å². The summed E-state index contributed by atoms with van der Waals surface area (Å²) in [7, 11) is 0. The Bertz CT molecular complexity index is 1380. The molecule has 1 aromatic heterocycles. The molecule has 170 valence electrons. The molecule has 34 heavy (non-hydrogen) atoms. The molecule has 7 heteroatoms. The number of hydrogen-bond donors (Lipinski definition) is 1. The number of nitriles is 1. The fraction of sp³-hybridized carbons (Fsp3) is 0.222. The number of hydrogen-bond acceptors (Lipinski definition) is 4. The summed E-state index contributed by atoms with van der Waals surface area (Å²) >= 11 is 0. The number of carbonyl (C=O) groups excluding carboxylic acids is 1. The summed E-state index contributed by atoms with van der Waals surface area (Å²) in [5.41, 5.74) is 4.40. The van der Waals surface area contributed by atoms with Gasteiger partial charge in [-0.05, 0) is 67.3 Å². The first kappa shape index (κ1) is 21.8. The van der Waals surface area contributed by atoms with Gasteiger partial charge >= 0.3 is 0 Å². The fourth-order valence-corrected chi connectivity index (χ4v) is 4.30. The van der Waals surface area contributed by atoms with Crippen molar-refractivity contribution in [2.75, 3.05) is 11.9 Å². The summed E-state index contributed by atoms with van der Waals surface area (Å²) in [5.74, 6) is -0.525. The Morgan fingerprint density at radius 1 is 1.15 bits per heavy atom. The minimum atomic E-state index is -0.332. The summed E-state index contributed by atoms with van der Waals surface area (Å²) in [5, 5.41) is 18.1. The zero-order chi connectivity index (χ0) is 23.5. The zero-order valence-electron chi connectivity index (χ0n) is 18.5. The van der Waals surface area contributed by atoms with E-state index in [-0.39, 0.29) is 24.4 Å². The average Bonchev–Trinajstić information content (AvgIpc) is 3.25. The lowest BCUT2D eigenvalue weighted by Gasteiger charge is -2.23. The van der Waals surface area contributed by atoms with Crippen molar-refractivity contribution >= 4 is 22.5 Å². The molecule has 1 saturated heterocycles. The lowest BCUT2D eigenvalue weighted by Crippen LogP contribution is -2.19. The van der Waals surface area contributed by atoms with Gasteiger partial charge in [-0.1, -0.05) is 24.3 Å². The zero-order valence-corrected chi connectivity index (χ0v) is 18.5. The highest BCUT2D eigenvalue weighted by Gasteiger charge is 2.22. The van der Waals surface area contributed by atoms with Crippen LogP contribution in [0.15, 0.2) is 66.7 Å². The number of halogens is 1. The molecule has 1 aliphatic rings. The van der Waals surface area contributed by atoms with Crippen LogP contribution in [0.1, 0.15) is 36.6 Å². The molecular formula is C27H23FN4O2. The van der Waals surface area contributed by atoms with Crippen molar-refractivity contribution in [3.8, 4) is 17.3 Å². The Morgan fingerprint density at radius 3 is 2.76 bits per heavy atom. The molecule has 1 aliphatic heterocycles. The van der Waals surface area contributed by atoms with Crippen molar-refractivity contribution in [3.05, 3.63) is 83.7 Å². The van der Waals surface area contributed by atoms with E-state index in [2.05, 4.69) is 11.4 Å². The van der Waals surface area contributed by atoms with Crippen LogP contribution in [-0.4, -0.2) is 22.3 Å². The third kappa shape index (κ3) is 4.54. The first-order valence-corrected chi connectivity index (χ1v) is 11.3. The molecule has 1 atom stereocenters. The maximum Gasteiger partial charge on any atom is 0.228 e. The molecule has 5 rings (SSSR count). The number of nitrogens with one attached hydrogen (secondary N) is 1. The second kappa shape index (κ2) is 9.46. The molecule has 0 bridgehead atoms. The normalized spacial score (nSPS) is 15.7. The molecule has 3 aromatic carbocycles. The Labute approximate surface area is 196 Å². The van der Waals surface area contributed by atoms with Crippen molar-refractivity contribution in [2.24, 2.45) is 0 Å². The quantitative estimate of drug-likeness (QED) is 0.426. The molecular weight excluding hydrogens is 431 g/mol. The van der Waals surface area contributed by atoms with E-state index in [0.29, 0.717) is 17.9 Å². The lowest BCUT2D eigenvalue weighted by molar-refractivity contribution is -0.115. The van der Waals surface area contributed by atoms with Gasteiger partial charge in [0.1, 0.15) is 11.5 Å². The van der Waals surface area contributed by atoms with Crippen LogP contribution in [-0.2, 0) is 16.0 Å². The molecule has 0 saturated carbocycles. The molecule has 0 radical (unpaired) electrons. The second-order valence-corrected chi connectivity index (χ2v) is 8.39. The fourth-order valence-electron chi connectivity index (χ4n) is 4.30. The molecule has 1 amide bonds. The van der Waals surface area contributed by atoms with E-state index in [0.717, 1.165) is 47.0 Å². The van der Waals surface area contributed by atoms with Gasteiger partial charge in [0.15, 0.2) is 6.23 Å². The third-order valence-corrected chi connectivity index (χ3v) is 5.96. The lowest BCUT2D eigenvalue weighted by atomic mass is 10.0. The van der Waals surface area contributed by atoms with E-state index in [9.17, 15) is 14.4 Å². The molecule has 4 aromatic rings. The standard InChI is InChI=1S/C27H23FN4O2/c28-21-10-7-18(8-11-21)15-25(33)30-22-5-3-4-20(16-22)27-23-14-19(17-29)9-12-24(23)32(31-27)26-6-1-2-13-34-26/h3-5,7-12,14,16,26H,1-2,6,13,15H2,(H,30,33). The maximum absolute atomic E-state index is 13.1. The Balaban J connectivity index is 1.46. The van der Waals surface area contributed by atoms with E-state index < -0.39 is 0 Å². The number of anilines is 1. The predicted octanol–water partition coefficient (Wildman–Crippen LogP) is 5.59. The number of carbonyl (C=O) groups is 1. The first-order valence-electron chi connectivity index (χ1n) is 11.3. The topological polar surface area (TPSA) is 79.9 Å². The first-order chi connectivity index (χ1) is 16.6. The summed E-state index contributed by atoms with van der Waals surface area (Å²) in [6.45, 7) is 0.702. The molecule has 1 N–H and O–H groups in total. The van der Waals surface area contributed by atoms with Crippen LogP contribution in [0.5, 0.6) is 0 Å². The van der Waals surface area contributed by atoms with Gasteiger partial charge in [0, 0.05) is 23.2 Å². The van der Waals surface area contributed by atoms with Crippen molar-refractivity contribution in [3.63, 3.8) is 0 Å². The highest BCUT2D eigenvalue weighted by Crippen LogP contribution is 2.34. The van der Waals surface area contributed by atoms with E-state index in [1.165, 1.54) is 12.1 Å². The van der Waals surface area contributed by atoms with Crippen LogP contribution >= 0.6 is 0 Å².